The van der Waals surface area contributed by atoms with E-state index in [0.717, 1.165) is 12.2 Å². The summed E-state index contributed by atoms with van der Waals surface area (Å²) in [6.07, 6.45) is 0. The van der Waals surface area contributed by atoms with Crippen molar-refractivity contribution in [2.75, 3.05) is 33.1 Å². The zero-order chi connectivity index (χ0) is 16.1. The minimum Gasteiger partial charge on any atom is -0.464 e. The summed E-state index contributed by atoms with van der Waals surface area (Å²) in [5.41, 5.74) is 0.908. The predicted octanol–water partition coefficient (Wildman–Crippen LogP) is 2.02. The number of benzene rings is 1. The summed E-state index contributed by atoms with van der Waals surface area (Å²) in [4.78, 5) is 15.3. The van der Waals surface area contributed by atoms with Crippen LogP contribution in [0, 0.1) is 0 Å². The van der Waals surface area contributed by atoms with E-state index in [9.17, 15) is 4.79 Å². The molecule has 0 saturated heterocycles. The molecule has 1 N–H and O–H groups in total. The molecule has 118 valence electrons. The Kier molecular flexibility index (Phi) is 5.35. The standard InChI is InChI=1S/C14H18ClN5O2/c1-19(2)8-9-20-17-12(14(21)22-3)13(18-20)16-11-6-4-10(15)5-7-11/h4-7H,8-9H2,1-3H3,(H,16,18). The number of esters is 1. The first-order valence-electron chi connectivity index (χ1n) is 6.70. The molecule has 0 saturated carbocycles. The molecular weight excluding hydrogens is 306 g/mol. The van der Waals surface area contributed by atoms with E-state index in [1.165, 1.54) is 11.9 Å². The third-order valence-corrected chi connectivity index (χ3v) is 3.14. The first kappa shape index (κ1) is 16.3. The van der Waals surface area contributed by atoms with E-state index in [1.54, 1.807) is 24.3 Å². The average molecular weight is 324 g/mol. The number of anilines is 2. The van der Waals surface area contributed by atoms with Crippen molar-refractivity contribution in [1.82, 2.24) is 19.9 Å². The van der Waals surface area contributed by atoms with Gasteiger partial charge in [0.1, 0.15) is 0 Å². The number of ether oxygens (including phenoxy) is 1. The fourth-order valence-corrected chi connectivity index (χ4v) is 1.85. The lowest BCUT2D eigenvalue weighted by Crippen LogP contribution is -2.20. The number of aromatic nitrogens is 3. The Balaban J connectivity index is 2.23. The molecule has 2 aromatic rings. The van der Waals surface area contributed by atoms with Crippen LogP contribution >= 0.6 is 11.6 Å². The topological polar surface area (TPSA) is 72.3 Å². The maximum absolute atomic E-state index is 11.8. The van der Waals surface area contributed by atoms with Gasteiger partial charge < -0.3 is 15.0 Å². The molecule has 0 bridgehead atoms. The summed E-state index contributed by atoms with van der Waals surface area (Å²) < 4.78 is 4.75. The summed E-state index contributed by atoms with van der Waals surface area (Å²) in [5, 5.41) is 12.2. The Hall–Kier alpha value is -2.12. The van der Waals surface area contributed by atoms with Crippen LogP contribution < -0.4 is 5.32 Å². The summed E-state index contributed by atoms with van der Waals surface area (Å²) in [5.74, 6) is -0.180. The highest BCUT2D eigenvalue weighted by Crippen LogP contribution is 2.20. The number of carbonyl (C=O) groups is 1. The van der Waals surface area contributed by atoms with Crippen molar-refractivity contribution in [2.45, 2.75) is 6.54 Å². The van der Waals surface area contributed by atoms with Gasteiger partial charge in [0.05, 0.1) is 13.7 Å². The van der Waals surface area contributed by atoms with Crippen LogP contribution in [0.4, 0.5) is 11.5 Å². The molecule has 0 aliphatic rings. The monoisotopic (exact) mass is 323 g/mol. The third-order valence-electron chi connectivity index (χ3n) is 2.89. The normalized spacial score (nSPS) is 10.8. The van der Waals surface area contributed by atoms with Crippen LogP contribution in [0.2, 0.25) is 5.02 Å². The molecule has 1 heterocycles. The van der Waals surface area contributed by atoms with Gasteiger partial charge in [-0.2, -0.15) is 4.80 Å². The van der Waals surface area contributed by atoms with Crippen LogP contribution in [0.5, 0.6) is 0 Å². The number of hydrogen-bond donors (Lipinski definition) is 1. The van der Waals surface area contributed by atoms with Gasteiger partial charge in [-0.3, -0.25) is 0 Å². The SMILES string of the molecule is COC(=O)c1nn(CCN(C)C)nc1Nc1ccc(Cl)cc1. The lowest BCUT2D eigenvalue weighted by Gasteiger charge is -2.07. The van der Waals surface area contributed by atoms with Gasteiger partial charge in [0.25, 0.3) is 0 Å². The van der Waals surface area contributed by atoms with Crippen LogP contribution in [-0.2, 0) is 11.3 Å². The summed E-state index contributed by atoms with van der Waals surface area (Å²) in [6.45, 7) is 1.33. The van der Waals surface area contributed by atoms with E-state index in [4.69, 9.17) is 16.3 Å². The lowest BCUT2D eigenvalue weighted by atomic mass is 10.3. The summed E-state index contributed by atoms with van der Waals surface area (Å²) in [7, 11) is 5.22. The number of halogens is 1. The Labute approximate surface area is 133 Å². The molecule has 0 fully saturated rings. The van der Waals surface area contributed by atoms with Crippen molar-refractivity contribution in [3.05, 3.63) is 35.0 Å². The van der Waals surface area contributed by atoms with Crippen molar-refractivity contribution in [1.29, 1.82) is 0 Å². The van der Waals surface area contributed by atoms with Gasteiger partial charge in [0.2, 0.25) is 5.69 Å². The largest absolute Gasteiger partial charge is 0.464 e. The van der Waals surface area contributed by atoms with Gasteiger partial charge in [-0.1, -0.05) is 11.6 Å². The quantitative estimate of drug-likeness (QED) is 0.820. The van der Waals surface area contributed by atoms with E-state index in [-0.39, 0.29) is 5.69 Å². The predicted molar refractivity (Wildman–Crippen MR) is 84.7 cm³/mol. The van der Waals surface area contributed by atoms with Crippen LogP contribution in [-0.4, -0.2) is 53.6 Å². The highest BCUT2D eigenvalue weighted by atomic mass is 35.5. The molecule has 0 unspecified atom stereocenters. The van der Waals surface area contributed by atoms with Crippen molar-refractivity contribution in [3.63, 3.8) is 0 Å². The zero-order valence-electron chi connectivity index (χ0n) is 12.7. The van der Waals surface area contributed by atoms with Crippen molar-refractivity contribution >= 4 is 29.1 Å². The molecule has 0 aliphatic carbocycles. The van der Waals surface area contributed by atoms with E-state index < -0.39 is 5.97 Å². The van der Waals surface area contributed by atoms with Gasteiger partial charge in [-0.15, -0.1) is 10.2 Å². The second kappa shape index (κ2) is 7.24. The van der Waals surface area contributed by atoms with Crippen LogP contribution in [0.3, 0.4) is 0 Å². The molecule has 0 aliphatic heterocycles. The lowest BCUT2D eigenvalue weighted by molar-refractivity contribution is 0.0594. The molecule has 1 aromatic heterocycles. The average Bonchev–Trinajstić information content (AvgIpc) is 2.89. The van der Waals surface area contributed by atoms with Gasteiger partial charge >= 0.3 is 5.97 Å². The van der Waals surface area contributed by atoms with Crippen molar-refractivity contribution in [3.8, 4) is 0 Å². The molecule has 0 spiro atoms. The number of nitrogens with one attached hydrogen (secondary N) is 1. The van der Waals surface area contributed by atoms with Crippen LogP contribution in [0.15, 0.2) is 24.3 Å². The Bertz CT molecular complexity index is 639. The minimum absolute atomic E-state index is 0.149. The fraction of sp³-hybridized carbons (Fsp3) is 0.357. The Morgan fingerprint density at radius 1 is 1.32 bits per heavy atom. The maximum Gasteiger partial charge on any atom is 0.362 e. The first-order valence-corrected chi connectivity index (χ1v) is 7.08. The number of hydrogen-bond acceptors (Lipinski definition) is 6. The number of nitrogens with zero attached hydrogens (tertiary/aromatic N) is 4. The van der Waals surface area contributed by atoms with Crippen molar-refractivity contribution in [2.24, 2.45) is 0 Å². The smallest absolute Gasteiger partial charge is 0.362 e. The van der Waals surface area contributed by atoms with E-state index in [2.05, 4.69) is 15.5 Å². The maximum atomic E-state index is 11.8. The van der Waals surface area contributed by atoms with E-state index in [0.29, 0.717) is 17.4 Å². The molecule has 0 radical (unpaired) electrons. The van der Waals surface area contributed by atoms with Crippen molar-refractivity contribution < 1.29 is 9.53 Å². The minimum atomic E-state index is -0.535. The van der Waals surface area contributed by atoms with Gasteiger partial charge in [0, 0.05) is 17.3 Å². The zero-order valence-corrected chi connectivity index (χ0v) is 13.5. The number of carbonyl (C=O) groups excluding carboxylic acids is 1. The fourth-order valence-electron chi connectivity index (χ4n) is 1.73. The molecule has 7 nitrogen and oxygen atoms in total. The highest BCUT2D eigenvalue weighted by Gasteiger charge is 2.19. The van der Waals surface area contributed by atoms with E-state index in [1.807, 2.05) is 19.0 Å². The molecule has 0 amide bonds. The molecule has 1 aromatic carbocycles. The molecular formula is C14H18ClN5O2. The first-order chi connectivity index (χ1) is 10.5. The van der Waals surface area contributed by atoms with E-state index >= 15 is 0 Å². The second-order valence-electron chi connectivity index (χ2n) is 4.92. The van der Waals surface area contributed by atoms with Crippen LogP contribution in [0.25, 0.3) is 0 Å². The molecule has 0 atom stereocenters. The highest BCUT2D eigenvalue weighted by molar-refractivity contribution is 6.30. The summed E-state index contributed by atoms with van der Waals surface area (Å²) in [6, 6.07) is 7.08. The third kappa shape index (κ3) is 4.19. The molecule has 8 heteroatoms. The van der Waals surface area contributed by atoms with Gasteiger partial charge in [-0.25, -0.2) is 4.79 Å². The number of rotatable bonds is 6. The van der Waals surface area contributed by atoms with Gasteiger partial charge in [0.15, 0.2) is 5.82 Å². The number of likely N-dealkylation sites (N-methyl/N-ethyl adjacent to an activating group) is 1. The van der Waals surface area contributed by atoms with Gasteiger partial charge in [-0.05, 0) is 38.4 Å². The second-order valence-corrected chi connectivity index (χ2v) is 5.36. The Morgan fingerprint density at radius 2 is 2.00 bits per heavy atom. The van der Waals surface area contributed by atoms with Crippen LogP contribution in [0.1, 0.15) is 10.5 Å². The summed E-state index contributed by atoms with van der Waals surface area (Å²) >= 11 is 5.86. The Morgan fingerprint density at radius 3 is 2.59 bits per heavy atom. The number of methoxy groups -OCH3 is 1. The molecule has 2 rings (SSSR count). The molecule has 22 heavy (non-hydrogen) atoms.